The predicted octanol–water partition coefficient (Wildman–Crippen LogP) is 1.86. The summed E-state index contributed by atoms with van der Waals surface area (Å²) in [6.07, 6.45) is 1.12. The molecule has 1 aliphatic carbocycles. The minimum atomic E-state index is -0.757. The van der Waals surface area contributed by atoms with Crippen LogP contribution in [0.4, 0.5) is 0 Å². The molecule has 1 atom stereocenters. The van der Waals surface area contributed by atoms with Crippen LogP contribution in [0.2, 0.25) is 0 Å². The van der Waals surface area contributed by atoms with Crippen LogP contribution in [0.15, 0.2) is 29.2 Å². The number of carbonyl (C=O) groups is 2. The molecule has 0 spiro atoms. The standard InChI is InChI=1S/C14H15NO3S/c16-13(15-9-5-8(6-9)14(17)18)11-7-19-12-4-2-1-3-10(11)12/h1-4,8-9,11H,5-7H2,(H,15,16)(H,17,18). The third-order valence-corrected chi connectivity index (χ3v) is 5.03. The first kappa shape index (κ1) is 12.5. The number of carbonyl (C=O) groups excluding carboxylic acids is 1. The van der Waals surface area contributed by atoms with Gasteiger partial charge in [-0.15, -0.1) is 11.8 Å². The number of fused-ring (bicyclic) bond motifs is 1. The number of nitrogens with one attached hydrogen (secondary N) is 1. The van der Waals surface area contributed by atoms with E-state index in [1.807, 2.05) is 24.3 Å². The van der Waals surface area contributed by atoms with Crippen molar-refractivity contribution in [2.75, 3.05) is 5.75 Å². The van der Waals surface area contributed by atoms with Crippen LogP contribution in [0.3, 0.4) is 0 Å². The number of carboxylic acid groups (broad SMARTS) is 1. The zero-order chi connectivity index (χ0) is 13.4. The largest absolute Gasteiger partial charge is 0.481 e. The van der Waals surface area contributed by atoms with Gasteiger partial charge in [-0.05, 0) is 24.5 Å². The zero-order valence-electron chi connectivity index (χ0n) is 10.3. The minimum absolute atomic E-state index is 0.0336. The number of rotatable bonds is 3. The van der Waals surface area contributed by atoms with Crippen molar-refractivity contribution in [3.8, 4) is 0 Å². The van der Waals surface area contributed by atoms with Gasteiger partial charge < -0.3 is 10.4 Å². The Kier molecular flexibility index (Phi) is 3.22. The average molecular weight is 277 g/mol. The molecule has 1 amide bonds. The van der Waals surface area contributed by atoms with Crippen LogP contribution >= 0.6 is 11.8 Å². The fourth-order valence-corrected chi connectivity index (χ4v) is 3.85. The third-order valence-electron chi connectivity index (χ3n) is 3.85. The van der Waals surface area contributed by atoms with E-state index in [4.69, 9.17) is 5.11 Å². The minimum Gasteiger partial charge on any atom is -0.481 e. The van der Waals surface area contributed by atoms with Gasteiger partial charge in [-0.25, -0.2) is 0 Å². The summed E-state index contributed by atoms with van der Waals surface area (Å²) in [5.74, 6) is -0.320. The van der Waals surface area contributed by atoms with Gasteiger partial charge in [-0.1, -0.05) is 18.2 Å². The van der Waals surface area contributed by atoms with Crippen molar-refractivity contribution in [3.05, 3.63) is 29.8 Å². The Bertz CT molecular complexity index is 525. The van der Waals surface area contributed by atoms with Crippen LogP contribution in [0.25, 0.3) is 0 Å². The summed E-state index contributed by atoms with van der Waals surface area (Å²) >= 11 is 1.71. The maximum absolute atomic E-state index is 12.2. The molecule has 1 unspecified atom stereocenters. The molecule has 2 aliphatic rings. The van der Waals surface area contributed by atoms with E-state index in [-0.39, 0.29) is 23.8 Å². The predicted molar refractivity (Wildman–Crippen MR) is 72.2 cm³/mol. The Hall–Kier alpha value is -1.49. The van der Waals surface area contributed by atoms with Crippen molar-refractivity contribution in [1.29, 1.82) is 0 Å². The summed E-state index contributed by atoms with van der Waals surface area (Å²) in [6.45, 7) is 0. The highest BCUT2D eigenvalue weighted by molar-refractivity contribution is 7.99. The van der Waals surface area contributed by atoms with Gasteiger partial charge in [0.2, 0.25) is 5.91 Å². The lowest BCUT2D eigenvalue weighted by Crippen LogP contribution is -2.48. The molecule has 1 aliphatic heterocycles. The third kappa shape index (κ3) is 2.34. The Labute approximate surface area is 115 Å². The number of hydrogen-bond donors (Lipinski definition) is 2. The van der Waals surface area contributed by atoms with Gasteiger partial charge in [0, 0.05) is 16.7 Å². The lowest BCUT2D eigenvalue weighted by molar-refractivity contribution is -0.146. The Morgan fingerprint density at radius 1 is 1.26 bits per heavy atom. The highest BCUT2D eigenvalue weighted by Crippen LogP contribution is 2.39. The molecule has 1 aromatic rings. The van der Waals surface area contributed by atoms with E-state index >= 15 is 0 Å². The number of thioether (sulfide) groups is 1. The van der Waals surface area contributed by atoms with E-state index in [0.29, 0.717) is 12.8 Å². The molecule has 1 heterocycles. The molecule has 5 heteroatoms. The molecule has 3 rings (SSSR count). The molecule has 100 valence electrons. The molecule has 1 aromatic carbocycles. The van der Waals surface area contributed by atoms with Crippen LogP contribution in [0, 0.1) is 5.92 Å². The maximum Gasteiger partial charge on any atom is 0.306 e. The summed E-state index contributed by atoms with van der Waals surface area (Å²) in [5, 5.41) is 11.8. The summed E-state index contributed by atoms with van der Waals surface area (Å²) < 4.78 is 0. The molecular formula is C14H15NO3S. The number of amides is 1. The summed E-state index contributed by atoms with van der Waals surface area (Å²) in [6, 6.07) is 8.01. The molecular weight excluding hydrogens is 262 g/mol. The van der Waals surface area contributed by atoms with Gasteiger partial charge in [0.25, 0.3) is 0 Å². The van der Waals surface area contributed by atoms with Crippen molar-refractivity contribution < 1.29 is 14.7 Å². The van der Waals surface area contributed by atoms with Gasteiger partial charge in [0.05, 0.1) is 11.8 Å². The number of benzene rings is 1. The van der Waals surface area contributed by atoms with E-state index in [9.17, 15) is 9.59 Å². The first-order valence-corrected chi connectivity index (χ1v) is 7.38. The molecule has 0 saturated heterocycles. The molecule has 0 bridgehead atoms. The zero-order valence-corrected chi connectivity index (χ0v) is 11.2. The number of aliphatic carboxylic acids is 1. The van der Waals surface area contributed by atoms with Crippen LogP contribution in [0.1, 0.15) is 24.3 Å². The van der Waals surface area contributed by atoms with Gasteiger partial charge in [-0.2, -0.15) is 0 Å². The van der Waals surface area contributed by atoms with Crippen LogP contribution in [0.5, 0.6) is 0 Å². The van der Waals surface area contributed by atoms with Crippen LogP contribution in [-0.2, 0) is 9.59 Å². The van der Waals surface area contributed by atoms with Crippen molar-refractivity contribution in [2.24, 2.45) is 5.92 Å². The molecule has 1 saturated carbocycles. The summed E-state index contributed by atoms with van der Waals surface area (Å²) in [5.41, 5.74) is 1.10. The average Bonchev–Trinajstić information content (AvgIpc) is 2.76. The molecule has 1 fully saturated rings. The Morgan fingerprint density at radius 2 is 2.00 bits per heavy atom. The van der Waals surface area contributed by atoms with Crippen molar-refractivity contribution in [1.82, 2.24) is 5.32 Å². The Balaban J connectivity index is 1.60. The summed E-state index contributed by atoms with van der Waals surface area (Å²) in [4.78, 5) is 24.1. The van der Waals surface area contributed by atoms with Crippen LogP contribution in [-0.4, -0.2) is 28.8 Å². The van der Waals surface area contributed by atoms with Crippen molar-refractivity contribution >= 4 is 23.6 Å². The number of hydrogen-bond acceptors (Lipinski definition) is 3. The lowest BCUT2D eigenvalue weighted by atomic mass is 9.80. The van der Waals surface area contributed by atoms with Gasteiger partial charge >= 0.3 is 5.97 Å². The second-order valence-corrected chi connectivity index (χ2v) is 6.18. The second-order valence-electron chi connectivity index (χ2n) is 5.11. The fourth-order valence-electron chi connectivity index (χ4n) is 2.62. The molecule has 19 heavy (non-hydrogen) atoms. The highest BCUT2D eigenvalue weighted by Gasteiger charge is 2.37. The first-order chi connectivity index (χ1) is 9.15. The van der Waals surface area contributed by atoms with E-state index in [1.54, 1.807) is 11.8 Å². The van der Waals surface area contributed by atoms with Gasteiger partial charge in [-0.3, -0.25) is 9.59 Å². The molecule has 4 nitrogen and oxygen atoms in total. The van der Waals surface area contributed by atoms with E-state index in [1.165, 1.54) is 4.90 Å². The van der Waals surface area contributed by atoms with E-state index < -0.39 is 5.97 Å². The van der Waals surface area contributed by atoms with Crippen molar-refractivity contribution in [2.45, 2.75) is 29.7 Å². The van der Waals surface area contributed by atoms with E-state index in [2.05, 4.69) is 5.32 Å². The monoisotopic (exact) mass is 277 g/mol. The topological polar surface area (TPSA) is 66.4 Å². The molecule has 0 aromatic heterocycles. The Morgan fingerprint density at radius 3 is 2.74 bits per heavy atom. The molecule has 0 radical (unpaired) electrons. The van der Waals surface area contributed by atoms with Crippen LogP contribution < -0.4 is 5.32 Å². The van der Waals surface area contributed by atoms with Crippen molar-refractivity contribution in [3.63, 3.8) is 0 Å². The summed E-state index contributed by atoms with van der Waals surface area (Å²) in [7, 11) is 0. The highest BCUT2D eigenvalue weighted by atomic mass is 32.2. The van der Waals surface area contributed by atoms with Gasteiger partial charge in [0.15, 0.2) is 0 Å². The first-order valence-electron chi connectivity index (χ1n) is 6.40. The van der Waals surface area contributed by atoms with Gasteiger partial charge in [0.1, 0.15) is 0 Å². The normalized spacial score (nSPS) is 28.3. The second kappa shape index (κ2) is 4.89. The SMILES string of the molecule is O=C(O)C1CC(NC(=O)C2CSc3ccccc32)C1. The smallest absolute Gasteiger partial charge is 0.306 e. The number of carboxylic acids is 1. The molecule has 2 N–H and O–H groups in total. The maximum atomic E-state index is 12.2. The van der Waals surface area contributed by atoms with E-state index in [0.717, 1.165) is 11.3 Å². The quantitative estimate of drug-likeness (QED) is 0.885. The lowest BCUT2D eigenvalue weighted by Gasteiger charge is -2.33. The fraction of sp³-hybridized carbons (Fsp3) is 0.429.